The fourth-order valence-corrected chi connectivity index (χ4v) is 2.52. The van der Waals surface area contributed by atoms with Crippen LogP contribution < -0.4 is 10.6 Å². The monoisotopic (exact) mass is 380 g/mol. The summed E-state index contributed by atoms with van der Waals surface area (Å²) in [5.41, 5.74) is 1.27. The molecule has 0 aliphatic rings. The van der Waals surface area contributed by atoms with Crippen molar-refractivity contribution in [3.63, 3.8) is 0 Å². The molecule has 0 bridgehead atoms. The molecule has 146 valence electrons. The number of carboxylic acid groups (broad SMARTS) is 1. The van der Waals surface area contributed by atoms with Crippen molar-refractivity contribution in [2.75, 3.05) is 0 Å². The molecule has 28 heavy (non-hydrogen) atoms. The first-order valence-corrected chi connectivity index (χ1v) is 8.84. The second-order valence-electron chi connectivity index (χ2n) is 7.35. The number of carboxylic acids is 1. The van der Waals surface area contributed by atoms with Crippen molar-refractivity contribution in [3.05, 3.63) is 77.4 Å². The Bertz CT molecular complexity index is 866. The zero-order valence-electron chi connectivity index (χ0n) is 16.1. The van der Waals surface area contributed by atoms with Crippen LogP contribution in [0.2, 0.25) is 0 Å². The predicted molar refractivity (Wildman–Crippen MR) is 108 cm³/mol. The third-order valence-corrected chi connectivity index (χ3v) is 3.76. The summed E-state index contributed by atoms with van der Waals surface area (Å²) in [6, 6.07) is 14.6. The normalized spacial score (nSPS) is 12.4. The van der Waals surface area contributed by atoms with Gasteiger partial charge in [0.2, 0.25) is 5.91 Å². The molecule has 0 saturated carbocycles. The summed E-state index contributed by atoms with van der Waals surface area (Å²) in [5.74, 6) is -1.74. The Hall–Kier alpha value is -3.41. The summed E-state index contributed by atoms with van der Waals surface area (Å²) < 4.78 is 0. The largest absolute Gasteiger partial charge is 0.478 e. The molecule has 0 aromatic heterocycles. The van der Waals surface area contributed by atoms with Gasteiger partial charge >= 0.3 is 5.97 Å². The molecule has 0 heterocycles. The molecule has 6 nitrogen and oxygen atoms in total. The van der Waals surface area contributed by atoms with E-state index < -0.39 is 23.5 Å². The van der Waals surface area contributed by atoms with Gasteiger partial charge in [0.05, 0.1) is 0 Å². The summed E-state index contributed by atoms with van der Waals surface area (Å²) >= 11 is 0. The molecule has 2 amide bonds. The fraction of sp³-hybridized carbons (Fsp3) is 0.227. The van der Waals surface area contributed by atoms with E-state index in [2.05, 4.69) is 10.6 Å². The molecular formula is C22H24N2O4. The lowest BCUT2D eigenvalue weighted by molar-refractivity contribution is -0.131. The molecule has 1 unspecified atom stereocenters. The number of carbonyl (C=O) groups excluding carboxylic acids is 2. The lowest BCUT2D eigenvalue weighted by Crippen LogP contribution is -2.47. The molecule has 0 aliphatic heterocycles. The number of hydrogen-bond acceptors (Lipinski definition) is 3. The molecule has 0 spiro atoms. The van der Waals surface area contributed by atoms with Gasteiger partial charge in [0, 0.05) is 17.2 Å². The minimum Gasteiger partial charge on any atom is -0.478 e. The lowest BCUT2D eigenvalue weighted by atomic mass is 10.0. The van der Waals surface area contributed by atoms with Gasteiger partial charge in [0.15, 0.2) is 0 Å². The van der Waals surface area contributed by atoms with Crippen LogP contribution in [0.1, 0.15) is 48.3 Å². The molecule has 3 N–H and O–H groups in total. The quantitative estimate of drug-likeness (QED) is 0.671. The van der Waals surface area contributed by atoms with E-state index in [4.69, 9.17) is 5.11 Å². The third-order valence-electron chi connectivity index (χ3n) is 3.76. The second kappa shape index (κ2) is 8.99. The van der Waals surface area contributed by atoms with Crippen molar-refractivity contribution in [2.24, 2.45) is 0 Å². The van der Waals surface area contributed by atoms with Gasteiger partial charge in [-0.2, -0.15) is 0 Å². The highest BCUT2D eigenvalue weighted by Crippen LogP contribution is 2.16. The highest BCUT2D eigenvalue weighted by atomic mass is 16.4. The first kappa shape index (κ1) is 20.9. The summed E-state index contributed by atoms with van der Waals surface area (Å²) in [7, 11) is 0. The topological polar surface area (TPSA) is 95.5 Å². The molecule has 2 rings (SSSR count). The Labute approximate surface area is 164 Å². The molecule has 1 atom stereocenters. The van der Waals surface area contributed by atoms with Crippen molar-refractivity contribution in [3.8, 4) is 0 Å². The number of aliphatic carboxylic acids is 1. The first-order valence-electron chi connectivity index (χ1n) is 8.84. The number of amides is 2. The van der Waals surface area contributed by atoms with Gasteiger partial charge in [-0.15, -0.1) is 0 Å². The average Bonchev–Trinajstić information content (AvgIpc) is 2.64. The number of rotatable bonds is 6. The van der Waals surface area contributed by atoms with Gasteiger partial charge in [-0.3, -0.25) is 9.59 Å². The maximum absolute atomic E-state index is 12.7. The van der Waals surface area contributed by atoms with Crippen molar-refractivity contribution in [1.29, 1.82) is 0 Å². The van der Waals surface area contributed by atoms with Gasteiger partial charge in [0.25, 0.3) is 5.91 Å². The van der Waals surface area contributed by atoms with Gasteiger partial charge in [0.1, 0.15) is 6.04 Å². The van der Waals surface area contributed by atoms with Crippen LogP contribution in [0, 0.1) is 0 Å². The van der Waals surface area contributed by atoms with Gasteiger partial charge in [-0.05, 0) is 50.1 Å². The first-order chi connectivity index (χ1) is 13.2. The van der Waals surface area contributed by atoms with E-state index >= 15 is 0 Å². The van der Waals surface area contributed by atoms with Gasteiger partial charge in [-0.25, -0.2) is 4.79 Å². The van der Waals surface area contributed by atoms with Gasteiger partial charge < -0.3 is 15.7 Å². The smallest absolute Gasteiger partial charge is 0.328 e. The van der Waals surface area contributed by atoms with Crippen LogP contribution in [0.4, 0.5) is 0 Å². The minimum absolute atomic E-state index is 0.298. The van der Waals surface area contributed by atoms with E-state index in [0.29, 0.717) is 16.7 Å². The highest BCUT2D eigenvalue weighted by molar-refractivity contribution is 5.98. The van der Waals surface area contributed by atoms with E-state index in [-0.39, 0.29) is 5.91 Å². The maximum Gasteiger partial charge on any atom is 0.328 e. The third kappa shape index (κ3) is 6.39. The van der Waals surface area contributed by atoms with Crippen molar-refractivity contribution >= 4 is 23.9 Å². The molecule has 0 radical (unpaired) electrons. The molecule has 0 aliphatic carbocycles. The molecular weight excluding hydrogens is 356 g/mol. The van der Waals surface area contributed by atoms with Crippen molar-refractivity contribution in [1.82, 2.24) is 10.6 Å². The lowest BCUT2D eigenvalue weighted by Gasteiger charge is -2.26. The summed E-state index contributed by atoms with van der Waals surface area (Å²) in [4.78, 5) is 36.0. The zero-order valence-corrected chi connectivity index (χ0v) is 16.1. The van der Waals surface area contributed by atoms with Crippen LogP contribution >= 0.6 is 0 Å². The maximum atomic E-state index is 12.7. The van der Waals surface area contributed by atoms with Gasteiger partial charge in [-0.1, -0.05) is 42.5 Å². The van der Waals surface area contributed by atoms with E-state index in [9.17, 15) is 14.4 Å². The Morgan fingerprint density at radius 3 is 2.11 bits per heavy atom. The minimum atomic E-state index is -1.04. The van der Waals surface area contributed by atoms with Crippen LogP contribution in [-0.2, 0) is 9.59 Å². The van der Waals surface area contributed by atoms with Crippen LogP contribution in [0.15, 0.2) is 60.7 Å². The molecule has 6 heteroatoms. The summed E-state index contributed by atoms with van der Waals surface area (Å²) in [6.45, 7) is 5.62. The highest BCUT2D eigenvalue weighted by Gasteiger charge is 2.26. The van der Waals surface area contributed by atoms with E-state index in [1.54, 1.807) is 36.4 Å². The molecule has 2 aromatic carbocycles. The Morgan fingerprint density at radius 2 is 1.57 bits per heavy atom. The molecule has 0 saturated heterocycles. The number of hydrogen-bond donors (Lipinski definition) is 3. The number of benzene rings is 2. The SMILES string of the molecule is CC(C)(C)NC(=O)C(NC(=O)c1ccc(/C=C/C(=O)O)cc1)c1ccccc1. The zero-order chi connectivity index (χ0) is 20.7. The van der Waals surface area contributed by atoms with E-state index in [1.165, 1.54) is 6.08 Å². The molecule has 0 fully saturated rings. The summed E-state index contributed by atoms with van der Waals surface area (Å²) in [5, 5.41) is 14.3. The number of carbonyl (C=O) groups is 3. The Morgan fingerprint density at radius 1 is 0.964 bits per heavy atom. The Balaban J connectivity index is 2.20. The standard InChI is InChI=1S/C22H24N2O4/c1-22(2,3)24-21(28)19(16-7-5-4-6-8-16)23-20(27)17-12-9-15(10-13-17)11-14-18(25)26/h4-14,19H,1-3H3,(H,23,27)(H,24,28)(H,25,26)/b14-11+. The van der Waals surface area contributed by atoms with E-state index in [1.807, 2.05) is 39.0 Å². The molecule has 2 aromatic rings. The Kier molecular flexibility index (Phi) is 6.71. The van der Waals surface area contributed by atoms with E-state index in [0.717, 1.165) is 6.08 Å². The average molecular weight is 380 g/mol. The van der Waals surface area contributed by atoms with Crippen LogP contribution in [0.3, 0.4) is 0 Å². The number of nitrogens with one attached hydrogen (secondary N) is 2. The van der Waals surface area contributed by atoms with Crippen LogP contribution in [0.25, 0.3) is 6.08 Å². The fourth-order valence-electron chi connectivity index (χ4n) is 2.52. The van der Waals surface area contributed by atoms with Crippen LogP contribution in [0.5, 0.6) is 0 Å². The van der Waals surface area contributed by atoms with Crippen molar-refractivity contribution in [2.45, 2.75) is 32.4 Å². The second-order valence-corrected chi connectivity index (χ2v) is 7.35. The van der Waals surface area contributed by atoms with Crippen molar-refractivity contribution < 1.29 is 19.5 Å². The summed E-state index contributed by atoms with van der Waals surface area (Å²) in [6.07, 6.45) is 2.46. The van der Waals surface area contributed by atoms with Crippen LogP contribution in [-0.4, -0.2) is 28.4 Å². The predicted octanol–water partition coefficient (Wildman–Crippen LogP) is 3.17.